The Morgan fingerprint density at radius 1 is 1.33 bits per heavy atom. The maximum Gasteiger partial charge on any atom is 0.100 e. The average molecular weight is 215 g/mol. The van der Waals surface area contributed by atoms with Gasteiger partial charge in [0.15, 0.2) is 0 Å². The number of benzene rings is 1. The number of nitriles is 1. The van der Waals surface area contributed by atoms with Crippen molar-refractivity contribution in [3.63, 3.8) is 0 Å². The predicted molar refractivity (Wildman–Crippen MR) is 67.8 cm³/mol. The van der Waals surface area contributed by atoms with Crippen molar-refractivity contribution in [3.8, 4) is 6.07 Å². The lowest BCUT2D eigenvalue weighted by molar-refractivity contribution is 1.33. The van der Waals surface area contributed by atoms with Crippen LogP contribution in [-0.2, 0) is 0 Å². The molecule has 1 nitrogen and oxygen atoms in total. The Labute approximate surface area is 96.0 Å². The first-order valence-electron chi connectivity index (χ1n) is 4.74. The zero-order chi connectivity index (χ0) is 11.4. The van der Waals surface area contributed by atoms with Crippen molar-refractivity contribution < 1.29 is 0 Å². The van der Waals surface area contributed by atoms with Gasteiger partial charge in [0.05, 0.1) is 5.57 Å². The molecule has 0 heterocycles. The lowest BCUT2D eigenvalue weighted by Crippen LogP contribution is -1.90. The average Bonchev–Trinajstić information content (AvgIpc) is 2.19. The van der Waals surface area contributed by atoms with Gasteiger partial charge in [0.25, 0.3) is 0 Å². The first-order chi connectivity index (χ1) is 7.04. The molecule has 0 fully saturated rings. The molecule has 0 aliphatic carbocycles. The Morgan fingerprint density at radius 3 is 2.47 bits per heavy atom. The molecule has 0 amide bonds. The molecule has 1 aromatic carbocycles. The summed E-state index contributed by atoms with van der Waals surface area (Å²) in [5.74, 6) is 0. The normalized spacial score (nSPS) is 10.9. The van der Waals surface area contributed by atoms with Crippen LogP contribution < -0.4 is 0 Å². The SMILES string of the molecule is CC(=S)/C(C#N)=C/c1ccc(C)c(C)c1. The fraction of sp³-hybridized carbons (Fsp3) is 0.231. The van der Waals surface area contributed by atoms with Crippen LogP contribution >= 0.6 is 12.2 Å². The molecule has 0 aromatic heterocycles. The number of hydrogen-bond acceptors (Lipinski definition) is 2. The number of hydrogen-bond donors (Lipinski definition) is 0. The largest absolute Gasteiger partial charge is 0.192 e. The molecule has 0 unspecified atom stereocenters. The highest BCUT2D eigenvalue weighted by atomic mass is 32.1. The molecule has 2 heteroatoms. The lowest BCUT2D eigenvalue weighted by atomic mass is 10.0. The monoisotopic (exact) mass is 215 g/mol. The molecule has 0 bridgehead atoms. The van der Waals surface area contributed by atoms with Gasteiger partial charge in [-0.1, -0.05) is 30.4 Å². The van der Waals surface area contributed by atoms with E-state index in [9.17, 15) is 0 Å². The maximum absolute atomic E-state index is 8.88. The Kier molecular flexibility index (Phi) is 3.76. The third kappa shape index (κ3) is 3.00. The van der Waals surface area contributed by atoms with Gasteiger partial charge in [-0.3, -0.25) is 0 Å². The van der Waals surface area contributed by atoms with E-state index in [-0.39, 0.29) is 0 Å². The van der Waals surface area contributed by atoms with E-state index < -0.39 is 0 Å². The molecule has 0 spiro atoms. The van der Waals surface area contributed by atoms with Crippen molar-refractivity contribution in [1.29, 1.82) is 5.26 Å². The van der Waals surface area contributed by atoms with Crippen LogP contribution in [0.4, 0.5) is 0 Å². The minimum atomic E-state index is 0.563. The minimum absolute atomic E-state index is 0.563. The van der Waals surface area contributed by atoms with Crippen LogP contribution in [0.2, 0.25) is 0 Å². The van der Waals surface area contributed by atoms with E-state index in [1.54, 1.807) is 6.92 Å². The highest BCUT2D eigenvalue weighted by Gasteiger charge is 1.99. The molecule has 0 aliphatic heterocycles. The van der Waals surface area contributed by atoms with Crippen LogP contribution in [0, 0.1) is 25.2 Å². The van der Waals surface area contributed by atoms with Gasteiger partial charge in [0, 0.05) is 4.86 Å². The lowest BCUT2D eigenvalue weighted by Gasteiger charge is -2.01. The van der Waals surface area contributed by atoms with Crippen LogP contribution in [0.5, 0.6) is 0 Å². The number of thiocarbonyl (C=S) groups is 1. The first-order valence-corrected chi connectivity index (χ1v) is 5.15. The minimum Gasteiger partial charge on any atom is -0.192 e. The van der Waals surface area contributed by atoms with Gasteiger partial charge in [0.1, 0.15) is 6.07 Å². The highest BCUT2D eigenvalue weighted by molar-refractivity contribution is 7.80. The van der Waals surface area contributed by atoms with Crippen molar-refractivity contribution in [1.82, 2.24) is 0 Å². The molecule has 76 valence electrons. The van der Waals surface area contributed by atoms with Crippen molar-refractivity contribution in [2.45, 2.75) is 20.8 Å². The molecule has 0 saturated heterocycles. The van der Waals surface area contributed by atoms with Gasteiger partial charge < -0.3 is 0 Å². The second-order valence-corrected chi connectivity index (χ2v) is 4.18. The Bertz CT molecular complexity index is 464. The summed E-state index contributed by atoms with van der Waals surface area (Å²) < 4.78 is 0. The van der Waals surface area contributed by atoms with E-state index in [4.69, 9.17) is 17.5 Å². The Morgan fingerprint density at radius 2 is 2.00 bits per heavy atom. The Hall–Kier alpha value is -1.46. The molecule has 0 saturated carbocycles. The van der Waals surface area contributed by atoms with E-state index in [0.717, 1.165) is 5.56 Å². The van der Waals surface area contributed by atoms with Gasteiger partial charge in [-0.25, -0.2) is 0 Å². The van der Waals surface area contributed by atoms with Crippen LogP contribution in [0.15, 0.2) is 23.8 Å². The summed E-state index contributed by atoms with van der Waals surface area (Å²) in [5.41, 5.74) is 4.07. The van der Waals surface area contributed by atoms with Gasteiger partial charge >= 0.3 is 0 Å². The molecular formula is C13H13NS. The fourth-order valence-corrected chi connectivity index (χ4v) is 1.34. The van der Waals surface area contributed by atoms with Crippen LogP contribution in [0.1, 0.15) is 23.6 Å². The first kappa shape index (κ1) is 11.6. The van der Waals surface area contributed by atoms with E-state index in [2.05, 4.69) is 32.0 Å². The zero-order valence-electron chi connectivity index (χ0n) is 9.16. The third-order valence-corrected chi connectivity index (χ3v) is 2.56. The highest BCUT2D eigenvalue weighted by Crippen LogP contribution is 2.13. The molecular weight excluding hydrogens is 202 g/mol. The van der Waals surface area contributed by atoms with E-state index >= 15 is 0 Å². The molecule has 0 aliphatic rings. The quantitative estimate of drug-likeness (QED) is 0.427. The van der Waals surface area contributed by atoms with Crippen molar-refractivity contribution >= 4 is 23.2 Å². The summed E-state index contributed by atoms with van der Waals surface area (Å²) in [7, 11) is 0. The smallest absolute Gasteiger partial charge is 0.100 e. The number of nitrogens with zero attached hydrogens (tertiary/aromatic N) is 1. The topological polar surface area (TPSA) is 23.8 Å². The van der Waals surface area contributed by atoms with Crippen LogP contribution in [0.3, 0.4) is 0 Å². The maximum atomic E-state index is 8.88. The fourth-order valence-electron chi connectivity index (χ4n) is 1.23. The summed E-state index contributed by atoms with van der Waals surface area (Å²) in [4.78, 5) is 0.635. The third-order valence-electron chi connectivity index (χ3n) is 2.34. The number of allylic oxidation sites excluding steroid dienone is 1. The van der Waals surface area contributed by atoms with Crippen molar-refractivity contribution in [2.24, 2.45) is 0 Å². The number of aryl methyl sites for hydroxylation is 2. The van der Waals surface area contributed by atoms with Gasteiger partial charge in [-0.2, -0.15) is 5.26 Å². The van der Waals surface area contributed by atoms with Crippen molar-refractivity contribution in [2.75, 3.05) is 0 Å². The molecule has 1 rings (SSSR count). The summed E-state index contributed by atoms with van der Waals surface area (Å²) in [5, 5.41) is 8.88. The van der Waals surface area contributed by atoms with Crippen LogP contribution in [0.25, 0.3) is 6.08 Å². The standard InChI is InChI=1S/C13H13NS/c1-9-4-5-12(6-10(9)2)7-13(8-14)11(3)15/h4-7H,1-3H3/b13-7+. The molecule has 15 heavy (non-hydrogen) atoms. The van der Waals surface area contributed by atoms with Gasteiger partial charge in [-0.15, -0.1) is 0 Å². The molecule has 1 aromatic rings. The second kappa shape index (κ2) is 4.86. The van der Waals surface area contributed by atoms with E-state index in [1.165, 1.54) is 11.1 Å². The summed E-state index contributed by atoms with van der Waals surface area (Å²) in [6.07, 6.45) is 1.83. The number of rotatable bonds is 2. The van der Waals surface area contributed by atoms with Gasteiger partial charge in [0.2, 0.25) is 0 Å². The van der Waals surface area contributed by atoms with Gasteiger partial charge in [-0.05, 0) is 43.5 Å². The molecule has 0 N–H and O–H groups in total. The van der Waals surface area contributed by atoms with E-state index in [0.29, 0.717) is 10.4 Å². The van der Waals surface area contributed by atoms with Crippen molar-refractivity contribution in [3.05, 3.63) is 40.5 Å². The predicted octanol–water partition coefficient (Wildman–Crippen LogP) is 3.60. The van der Waals surface area contributed by atoms with E-state index in [1.807, 2.05) is 12.1 Å². The summed E-state index contributed by atoms with van der Waals surface area (Å²) >= 11 is 4.98. The molecule has 0 atom stereocenters. The summed E-state index contributed by atoms with van der Waals surface area (Å²) in [6.45, 7) is 5.90. The summed E-state index contributed by atoms with van der Waals surface area (Å²) in [6, 6.07) is 8.21. The van der Waals surface area contributed by atoms with Crippen LogP contribution in [-0.4, -0.2) is 4.86 Å². The second-order valence-electron chi connectivity index (χ2n) is 3.57. The zero-order valence-corrected chi connectivity index (χ0v) is 9.98. The molecule has 0 radical (unpaired) electrons. The Balaban J connectivity index is 3.14.